The number of hydrogen-bond acceptors (Lipinski definition) is 45. The molecule has 0 aliphatic heterocycles. The van der Waals surface area contributed by atoms with Gasteiger partial charge in [-0.15, -0.1) is 0 Å². The SMILES string of the molecule is NC(=O)CCOCC(N)(COCCC(=O)NCCOCCOCCOCCOCCOCCOCCOCCOCCOCCOCCOCCOCCC(=O)NC(COCCC(=O)O)(COCCC(=O)O)COCCC(=O)O)COCCC(=O)NCOCCOCCOCCOCCOCCOCCOCCOCCOCCOCCOCCOCCC(=O)NC(COCCC(=O)O)(COCCC(=O)O)COCCC(=O)O. The number of carbonyl (C=O) groups is 11. The van der Waals surface area contributed by atoms with Crippen molar-refractivity contribution in [1.82, 2.24) is 21.3 Å². The third kappa shape index (κ3) is 106. The van der Waals surface area contributed by atoms with Crippen molar-refractivity contribution in [2.45, 2.75) is 87.2 Å². The third-order valence-electron chi connectivity index (χ3n) is 18.5. The molecule has 0 fully saturated rings. The average molecular weight is 2160 g/mol. The van der Waals surface area contributed by atoms with Crippen LogP contribution in [0.1, 0.15) is 70.6 Å². The van der Waals surface area contributed by atoms with E-state index < -0.39 is 70.2 Å². The number of carboxylic acids is 6. The summed E-state index contributed by atoms with van der Waals surface area (Å²) in [6, 6.07) is 0. The molecule has 0 aromatic carbocycles. The molecular formula is C92H170N6O50. The molecule has 0 aliphatic carbocycles. The summed E-state index contributed by atoms with van der Waals surface area (Å²) in [4.78, 5) is 128. The highest BCUT2D eigenvalue weighted by Gasteiger charge is 2.36. The lowest BCUT2D eigenvalue weighted by Crippen LogP contribution is -2.59. The zero-order valence-electron chi connectivity index (χ0n) is 86.0. The van der Waals surface area contributed by atoms with Gasteiger partial charge in [-0.05, 0) is 0 Å². The molecule has 5 amide bonds. The Labute approximate surface area is 864 Å². The predicted octanol–water partition coefficient (Wildman–Crippen LogP) is -3.58. The van der Waals surface area contributed by atoms with Crippen LogP contribution in [0.25, 0.3) is 0 Å². The Morgan fingerprint density at radius 3 is 0.514 bits per heavy atom. The van der Waals surface area contributed by atoms with Crippen molar-refractivity contribution in [2.75, 3.05) is 443 Å². The van der Waals surface area contributed by atoms with Crippen molar-refractivity contribution >= 4 is 65.4 Å². The number of hydrogen-bond donors (Lipinski definition) is 12. The number of ether oxygens (including phenoxy) is 33. The first-order valence-electron chi connectivity index (χ1n) is 49.5. The lowest BCUT2D eigenvalue weighted by molar-refractivity contribution is -0.142. The molecule has 868 valence electrons. The van der Waals surface area contributed by atoms with E-state index in [1.807, 2.05) is 0 Å². The quantitative estimate of drug-likeness (QED) is 0.0207. The molecule has 56 heteroatoms. The summed E-state index contributed by atoms with van der Waals surface area (Å²) in [7, 11) is 0. The highest BCUT2D eigenvalue weighted by Crippen LogP contribution is 2.15. The summed E-state index contributed by atoms with van der Waals surface area (Å²) < 4.78 is 182. The molecule has 1 unspecified atom stereocenters. The van der Waals surface area contributed by atoms with Gasteiger partial charge in [0.25, 0.3) is 0 Å². The van der Waals surface area contributed by atoms with Gasteiger partial charge in [0.2, 0.25) is 29.5 Å². The van der Waals surface area contributed by atoms with Crippen LogP contribution < -0.4 is 32.7 Å². The van der Waals surface area contributed by atoms with E-state index in [-0.39, 0.29) is 274 Å². The van der Waals surface area contributed by atoms with E-state index in [9.17, 15) is 52.7 Å². The Morgan fingerprint density at radius 1 is 0.169 bits per heavy atom. The smallest absolute Gasteiger partial charge is 0.305 e. The summed E-state index contributed by atoms with van der Waals surface area (Å²) in [5, 5.41) is 64.8. The second kappa shape index (κ2) is 107. The minimum atomic E-state index is -1.38. The van der Waals surface area contributed by atoms with Gasteiger partial charge < -0.3 is 220 Å². The zero-order chi connectivity index (χ0) is 108. The second-order valence-corrected chi connectivity index (χ2v) is 31.7. The third-order valence-corrected chi connectivity index (χ3v) is 18.5. The molecular weight excluding hydrogens is 1990 g/mol. The highest BCUT2D eigenvalue weighted by molar-refractivity contribution is 5.78. The average Bonchev–Trinajstić information content (AvgIpc) is 0.857. The molecule has 0 saturated heterocycles. The highest BCUT2D eigenvalue weighted by atomic mass is 16.6. The van der Waals surface area contributed by atoms with Crippen LogP contribution in [-0.2, 0) is 209 Å². The molecule has 0 saturated carbocycles. The van der Waals surface area contributed by atoms with E-state index in [4.69, 9.17) is 198 Å². The number of rotatable bonds is 124. The lowest BCUT2D eigenvalue weighted by atomic mass is 10.0. The van der Waals surface area contributed by atoms with E-state index >= 15 is 0 Å². The molecule has 0 bridgehead atoms. The van der Waals surface area contributed by atoms with Crippen molar-refractivity contribution < 1.29 is 240 Å². The van der Waals surface area contributed by atoms with Gasteiger partial charge in [-0.1, -0.05) is 0 Å². The van der Waals surface area contributed by atoms with E-state index in [1.165, 1.54) is 0 Å². The van der Waals surface area contributed by atoms with Gasteiger partial charge in [-0.2, -0.15) is 0 Å². The van der Waals surface area contributed by atoms with Crippen LogP contribution in [0.15, 0.2) is 0 Å². The number of primary amides is 1. The fraction of sp³-hybridized carbons (Fsp3) is 0.880. The Morgan fingerprint density at radius 2 is 0.318 bits per heavy atom. The van der Waals surface area contributed by atoms with E-state index in [0.29, 0.717) is 251 Å². The van der Waals surface area contributed by atoms with Gasteiger partial charge in [-0.3, -0.25) is 52.7 Å². The molecule has 0 spiro atoms. The molecule has 1 atom stereocenters. The fourth-order valence-corrected chi connectivity index (χ4v) is 11.1. The first-order chi connectivity index (χ1) is 71.9. The Bertz CT molecular complexity index is 3050. The Hall–Kier alpha value is -7.19. The van der Waals surface area contributed by atoms with Crippen molar-refractivity contribution in [2.24, 2.45) is 11.5 Å². The topological polar surface area (TPSA) is 714 Å². The maximum atomic E-state index is 12.9. The van der Waals surface area contributed by atoms with Crippen LogP contribution in [0, 0.1) is 0 Å². The fourth-order valence-electron chi connectivity index (χ4n) is 11.1. The standard InChI is InChI=1S/C92H170N6O50/c93-79(99)1-13-139-69-90(94,71-141-17-3-81(101)96-78-148-68-67-138-66-65-137-64-63-136-62-61-135-60-59-134-58-57-132-53-50-129-47-44-126-41-38-123-35-32-120-29-26-117-15-5-83(103)98-92(75-145-21-9-87(110)111,76-146-22-10-88(112)113)77-147-23-11-89(114)115)70-140-16-2-80(100)95-12-24-118-27-30-121-33-36-124-39-42-127-45-48-130-51-54-133-56-55-131-52-49-128-46-43-125-40-37-122-34-31-119-28-25-116-14-4-82(102)97-91(72-142-18-6-84(104)105,73-143-19-7-85(106)107)74-144-20-8-86(108)109/h1-78,94H2,(H2,93,99)(H,95,100)(H,96,101)(H,97,102)(H,98,103)(H,104,105)(H,106,107)(H,108,109)(H,110,111)(H,112,113)(H,114,115). The molecule has 0 rings (SSSR count). The Kier molecular flexibility index (Phi) is 102. The van der Waals surface area contributed by atoms with Crippen LogP contribution in [0.3, 0.4) is 0 Å². The van der Waals surface area contributed by atoms with Crippen LogP contribution in [0.4, 0.5) is 0 Å². The molecule has 0 aromatic rings. The van der Waals surface area contributed by atoms with E-state index in [1.54, 1.807) is 0 Å². The molecule has 148 heavy (non-hydrogen) atoms. The summed E-state index contributed by atoms with van der Waals surface area (Å²) in [5.41, 5.74) is 7.86. The summed E-state index contributed by atoms with van der Waals surface area (Å²) in [6.07, 6.45) is -2.03. The molecule has 56 nitrogen and oxygen atoms in total. The normalized spacial score (nSPS) is 12.1. The number of carboxylic acid groups (broad SMARTS) is 6. The summed E-state index contributed by atoms with van der Waals surface area (Å²) in [6.45, 7) is 13.5. The Balaban J connectivity index is 3.76. The van der Waals surface area contributed by atoms with Gasteiger partial charge in [0.1, 0.15) is 17.8 Å². The van der Waals surface area contributed by atoms with Crippen molar-refractivity contribution in [3.05, 3.63) is 0 Å². The lowest BCUT2D eigenvalue weighted by Gasteiger charge is -2.34. The zero-order valence-corrected chi connectivity index (χ0v) is 86.0. The van der Waals surface area contributed by atoms with E-state index in [0.717, 1.165) is 0 Å². The van der Waals surface area contributed by atoms with Crippen molar-refractivity contribution in [1.29, 1.82) is 0 Å². The molecule has 0 radical (unpaired) electrons. The van der Waals surface area contributed by atoms with E-state index in [2.05, 4.69) is 21.3 Å². The van der Waals surface area contributed by atoms with Crippen LogP contribution in [-0.4, -0.2) is 555 Å². The van der Waals surface area contributed by atoms with Crippen LogP contribution in [0.2, 0.25) is 0 Å². The first-order valence-corrected chi connectivity index (χ1v) is 49.5. The molecule has 0 heterocycles. The van der Waals surface area contributed by atoms with Crippen LogP contribution in [0.5, 0.6) is 0 Å². The number of amides is 5. The van der Waals surface area contributed by atoms with Gasteiger partial charge in [0.15, 0.2) is 0 Å². The predicted molar refractivity (Wildman–Crippen MR) is 513 cm³/mol. The van der Waals surface area contributed by atoms with Gasteiger partial charge in [0, 0.05) is 32.2 Å². The molecule has 0 aromatic heterocycles. The number of carbonyl (C=O) groups excluding carboxylic acids is 5. The number of aliphatic carboxylic acids is 6. The van der Waals surface area contributed by atoms with Crippen LogP contribution >= 0.6 is 0 Å². The van der Waals surface area contributed by atoms with Crippen molar-refractivity contribution in [3.63, 3.8) is 0 Å². The van der Waals surface area contributed by atoms with Gasteiger partial charge in [-0.25, -0.2) is 0 Å². The van der Waals surface area contributed by atoms with Gasteiger partial charge in [0.05, 0.1) is 480 Å². The second-order valence-electron chi connectivity index (χ2n) is 31.7. The molecule has 14 N–H and O–H groups in total. The summed E-state index contributed by atoms with van der Waals surface area (Å²) >= 11 is 0. The maximum absolute atomic E-state index is 12.9. The largest absolute Gasteiger partial charge is 0.481 e. The summed E-state index contributed by atoms with van der Waals surface area (Å²) in [5.74, 6) is -8.71. The monoisotopic (exact) mass is 2160 g/mol. The number of nitrogens with two attached hydrogens (primary N) is 2. The number of nitrogens with one attached hydrogen (secondary N) is 4. The van der Waals surface area contributed by atoms with Gasteiger partial charge >= 0.3 is 35.8 Å². The minimum Gasteiger partial charge on any atom is -0.481 e. The maximum Gasteiger partial charge on any atom is 0.305 e. The minimum absolute atomic E-state index is 0.0134. The molecule has 0 aliphatic rings. The van der Waals surface area contributed by atoms with Crippen molar-refractivity contribution in [3.8, 4) is 0 Å². The first kappa shape index (κ1) is 141.